The maximum absolute atomic E-state index is 12.6. The average Bonchev–Trinajstić information content (AvgIpc) is 3.05. The summed E-state index contributed by atoms with van der Waals surface area (Å²) in [6.45, 7) is 3.96. The summed E-state index contributed by atoms with van der Waals surface area (Å²) in [5.41, 5.74) is 6.81. The third-order valence-corrected chi connectivity index (χ3v) is 5.27. The topological polar surface area (TPSA) is 46.3 Å². The molecule has 1 aliphatic heterocycles. The van der Waals surface area contributed by atoms with Crippen molar-refractivity contribution < 1.29 is 4.79 Å². The van der Waals surface area contributed by atoms with Gasteiger partial charge in [0.25, 0.3) is 5.91 Å². The molecule has 20 heavy (non-hydrogen) atoms. The smallest absolute Gasteiger partial charge is 0.266 e. The summed E-state index contributed by atoms with van der Waals surface area (Å²) >= 11 is 1.52. The molecule has 3 rings (SSSR count). The summed E-state index contributed by atoms with van der Waals surface area (Å²) < 4.78 is 1.10. The molecule has 0 bridgehead atoms. The zero-order valence-electron chi connectivity index (χ0n) is 11.8. The molecule has 1 saturated heterocycles. The number of anilines is 1. The molecule has 1 aliphatic rings. The number of rotatable bonds is 3. The van der Waals surface area contributed by atoms with Crippen LogP contribution >= 0.6 is 11.3 Å². The number of nitrogens with zero attached hydrogens (tertiary/aromatic N) is 1. The first kappa shape index (κ1) is 13.4. The fourth-order valence-corrected chi connectivity index (χ4v) is 4.12. The molecule has 0 spiro atoms. The molecule has 1 unspecified atom stereocenters. The monoisotopic (exact) mass is 288 g/mol. The molecule has 106 valence electrons. The average molecular weight is 288 g/mol. The van der Waals surface area contributed by atoms with Crippen molar-refractivity contribution in [1.82, 2.24) is 4.90 Å². The maximum atomic E-state index is 12.6. The van der Waals surface area contributed by atoms with Gasteiger partial charge in [-0.2, -0.15) is 0 Å². The lowest BCUT2D eigenvalue weighted by atomic mass is 10.0. The highest BCUT2D eigenvalue weighted by atomic mass is 32.1. The fraction of sp³-hybridized carbons (Fsp3) is 0.438. The van der Waals surface area contributed by atoms with Crippen molar-refractivity contribution in [2.75, 3.05) is 18.8 Å². The van der Waals surface area contributed by atoms with Crippen molar-refractivity contribution in [2.45, 2.75) is 26.2 Å². The number of hydrogen-bond acceptors (Lipinski definition) is 3. The Labute approximate surface area is 123 Å². The number of carbonyl (C=O) groups is 1. The van der Waals surface area contributed by atoms with Crippen molar-refractivity contribution in [3.63, 3.8) is 0 Å². The van der Waals surface area contributed by atoms with Gasteiger partial charge in [0.2, 0.25) is 0 Å². The van der Waals surface area contributed by atoms with Gasteiger partial charge in [-0.1, -0.05) is 31.5 Å². The predicted octanol–water partition coefficient (Wildman–Crippen LogP) is 3.75. The van der Waals surface area contributed by atoms with Crippen LogP contribution in [0.3, 0.4) is 0 Å². The minimum absolute atomic E-state index is 0.113. The summed E-state index contributed by atoms with van der Waals surface area (Å²) in [5.74, 6) is 0.779. The molecule has 1 amide bonds. The van der Waals surface area contributed by atoms with Gasteiger partial charge in [-0.25, -0.2) is 0 Å². The second kappa shape index (κ2) is 5.44. The van der Waals surface area contributed by atoms with Gasteiger partial charge in [0.1, 0.15) is 4.88 Å². The van der Waals surface area contributed by atoms with Crippen molar-refractivity contribution in [3.05, 3.63) is 29.1 Å². The first-order chi connectivity index (χ1) is 9.70. The minimum Gasteiger partial charge on any atom is -0.397 e. The van der Waals surface area contributed by atoms with E-state index >= 15 is 0 Å². The number of benzene rings is 1. The number of carbonyl (C=O) groups excluding carboxylic acids is 1. The van der Waals surface area contributed by atoms with Crippen LogP contribution in [0, 0.1) is 5.92 Å². The number of nitrogen functional groups attached to an aromatic ring is 1. The van der Waals surface area contributed by atoms with E-state index in [-0.39, 0.29) is 5.91 Å². The van der Waals surface area contributed by atoms with Crippen molar-refractivity contribution in [3.8, 4) is 0 Å². The van der Waals surface area contributed by atoms with Crippen LogP contribution in [0.4, 0.5) is 5.69 Å². The molecular formula is C16H20N2OS. The van der Waals surface area contributed by atoms with Gasteiger partial charge in [0.05, 0.1) is 5.69 Å². The van der Waals surface area contributed by atoms with Gasteiger partial charge in [0, 0.05) is 23.2 Å². The first-order valence-corrected chi connectivity index (χ1v) is 8.08. The van der Waals surface area contributed by atoms with Crippen molar-refractivity contribution in [2.24, 2.45) is 5.92 Å². The summed E-state index contributed by atoms with van der Waals surface area (Å²) in [6, 6.07) is 7.96. The second-order valence-electron chi connectivity index (χ2n) is 5.54. The van der Waals surface area contributed by atoms with Crippen LogP contribution in [0.15, 0.2) is 24.3 Å². The lowest BCUT2D eigenvalue weighted by Crippen LogP contribution is -2.28. The van der Waals surface area contributed by atoms with E-state index in [1.807, 2.05) is 29.2 Å². The van der Waals surface area contributed by atoms with E-state index in [0.717, 1.165) is 29.6 Å². The second-order valence-corrected chi connectivity index (χ2v) is 6.59. The Morgan fingerprint density at radius 2 is 2.25 bits per heavy atom. The first-order valence-electron chi connectivity index (χ1n) is 7.27. The molecule has 0 radical (unpaired) electrons. The van der Waals surface area contributed by atoms with Crippen LogP contribution < -0.4 is 5.73 Å². The van der Waals surface area contributed by atoms with Crippen LogP contribution in [-0.2, 0) is 0 Å². The Hall–Kier alpha value is -1.55. The molecule has 1 aromatic carbocycles. The lowest BCUT2D eigenvalue weighted by Gasteiger charge is -2.15. The van der Waals surface area contributed by atoms with Gasteiger partial charge < -0.3 is 10.6 Å². The zero-order chi connectivity index (χ0) is 14.1. The lowest BCUT2D eigenvalue weighted by molar-refractivity contribution is 0.0792. The van der Waals surface area contributed by atoms with Gasteiger partial charge >= 0.3 is 0 Å². The van der Waals surface area contributed by atoms with E-state index < -0.39 is 0 Å². The zero-order valence-corrected chi connectivity index (χ0v) is 12.6. The molecule has 0 saturated carbocycles. The fourth-order valence-electron chi connectivity index (χ4n) is 3.03. The predicted molar refractivity (Wildman–Crippen MR) is 85.2 cm³/mol. The third-order valence-electron chi connectivity index (χ3n) is 4.10. The van der Waals surface area contributed by atoms with Gasteiger partial charge in [-0.15, -0.1) is 11.3 Å². The molecule has 2 heterocycles. The minimum atomic E-state index is 0.113. The Morgan fingerprint density at radius 1 is 1.45 bits per heavy atom. The summed E-state index contributed by atoms with van der Waals surface area (Å²) in [6.07, 6.45) is 3.54. The highest BCUT2D eigenvalue weighted by molar-refractivity contribution is 7.21. The number of amides is 1. The Bertz CT molecular complexity index is 634. The van der Waals surface area contributed by atoms with Gasteiger partial charge in [-0.3, -0.25) is 4.79 Å². The summed E-state index contributed by atoms with van der Waals surface area (Å²) in [7, 11) is 0. The van der Waals surface area contributed by atoms with Crippen LogP contribution in [0.25, 0.3) is 10.1 Å². The van der Waals surface area contributed by atoms with Crippen molar-refractivity contribution >= 4 is 33.0 Å². The summed E-state index contributed by atoms with van der Waals surface area (Å²) in [5, 5.41) is 1.00. The van der Waals surface area contributed by atoms with Gasteiger partial charge in [0.15, 0.2) is 0 Å². The van der Waals surface area contributed by atoms with E-state index in [1.54, 1.807) is 0 Å². The highest BCUT2D eigenvalue weighted by Gasteiger charge is 2.28. The molecule has 4 heteroatoms. The SMILES string of the molecule is CCCC1CCN(C(=O)c2sc3ccccc3c2N)C1. The van der Waals surface area contributed by atoms with Gasteiger partial charge in [-0.05, 0) is 24.8 Å². The van der Waals surface area contributed by atoms with Crippen LogP contribution in [0.5, 0.6) is 0 Å². The Kier molecular flexibility index (Phi) is 3.66. The number of hydrogen-bond donors (Lipinski definition) is 1. The van der Waals surface area contributed by atoms with Crippen LogP contribution in [-0.4, -0.2) is 23.9 Å². The Morgan fingerprint density at radius 3 is 3.00 bits per heavy atom. The molecule has 1 fully saturated rings. The van der Waals surface area contributed by atoms with Crippen LogP contribution in [0.2, 0.25) is 0 Å². The number of fused-ring (bicyclic) bond motifs is 1. The molecule has 2 N–H and O–H groups in total. The number of thiophene rings is 1. The van der Waals surface area contributed by atoms with E-state index in [4.69, 9.17) is 5.73 Å². The highest BCUT2D eigenvalue weighted by Crippen LogP contribution is 2.35. The van der Waals surface area contributed by atoms with Crippen LogP contribution in [0.1, 0.15) is 35.9 Å². The largest absolute Gasteiger partial charge is 0.397 e. The van der Waals surface area contributed by atoms with Crippen molar-refractivity contribution in [1.29, 1.82) is 0 Å². The molecule has 1 atom stereocenters. The normalized spacial score (nSPS) is 18.9. The van der Waals surface area contributed by atoms with E-state index in [2.05, 4.69) is 6.92 Å². The quantitative estimate of drug-likeness (QED) is 0.935. The molecular weight excluding hydrogens is 268 g/mol. The Balaban J connectivity index is 1.84. The maximum Gasteiger partial charge on any atom is 0.266 e. The third kappa shape index (κ3) is 2.29. The number of likely N-dealkylation sites (tertiary alicyclic amines) is 1. The molecule has 3 nitrogen and oxygen atoms in total. The number of nitrogens with two attached hydrogens (primary N) is 1. The summed E-state index contributed by atoms with van der Waals surface area (Å²) in [4.78, 5) is 15.3. The molecule has 0 aliphatic carbocycles. The standard InChI is InChI=1S/C16H20N2OS/c1-2-5-11-8-9-18(10-11)16(19)15-14(17)12-6-3-4-7-13(12)20-15/h3-4,6-7,11H,2,5,8-10,17H2,1H3. The van der Waals surface area contributed by atoms with E-state index in [0.29, 0.717) is 16.5 Å². The van der Waals surface area contributed by atoms with E-state index in [9.17, 15) is 4.79 Å². The van der Waals surface area contributed by atoms with E-state index in [1.165, 1.54) is 24.2 Å². The molecule has 1 aromatic heterocycles. The molecule has 2 aromatic rings.